The third-order valence-electron chi connectivity index (χ3n) is 4.29. The van der Waals surface area contributed by atoms with E-state index in [2.05, 4.69) is 22.6 Å². The lowest BCUT2D eigenvalue weighted by atomic mass is 10.0. The summed E-state index contributed by atoms with van der Waals surface area (Å²) in [5.74, 6) is 0.225. The number of pyridine rings is 1. The third kappa shape index (κ3) is 3.57. The monoisotopic (exact) mass is 347 g/mol. The average molecular weight is 347 g/mol. The van der Waals surface area contributed by atoms with E-state index in [1.54, 1.807) is 29.2 Å². The van der Waals surface area contributed by atoms with Crippen molar-refractivity contribution in [3.05, 3.63) is 47.8 Å². The summed E-state index contributed by atoms with van der Waals surface area (Å²) in [7, 11) is 1.53. The minimum absolute atomic E-state index is 0.0728. The first-order chi connectivity index (χ1) is 12.6. The van der Waals surface area contributed by atoms with Gasteiger partial charge in [0, 0.05) is 24.7 Å². The summed E-state index contributed by atoms with van der Waals surface area (Å²) < 4.78 is 5.35. The zero-order chi connectivity index (χ0) is 18.5. The molecule has 0 saturated carbocycles. The van der Waals surface area contributed by atoms with Crippen LogP contribution in [0.25, 0.3) is 11.1 Å². The molecule has 0 radical (unpaired) electrons. The Morgan fingerprint density at radius 1 is 1.38 bits per heavy atom. The number of nitriles is 2. The lowest BCUT2D eigenvalue weighted by Crippen LogP contribution is -2.36. The van der Waals surface area contributed by atoms with Gasteiger partial charge in [-0.1, -0.05) is 12.1 Å². The number of likely N-dealkylation sites (tertiary alicyclic amines) is 1. The van der Waals surface area contributed by atoms with Gasteiger partial charge in [-0.2, -0.15) is 10.5 Å². The van der Waals surface area contributed by atoms with Gasteiger partial charge in [-0.15, -0.1) is 0 Å². The molecule has 1 amide bonds. The van der Waals surface area contributed by atoms with E-state index in [0.717, 1.165) is 12.0 Å². The van der Waals surface area contributed by atoms with Gasteiger partial charge in [0.05, 0.1) is 24.9 Å². The highest BCUT2D eigenvalue weighted by atomic mass is 16.5. The van der Waals surface area contributed by atoms with Gasteiger partial charge in [0.2, 0.25) is 0 Å². The second-order valence-corrected chi connectivity index (χ2v) is 5.97. The molecule has 2 aromatic rings. The van der Waals surface area contributed by atoms with Crippen molar-refractivity contribution < 1.29 is 9.53 Å². The number of carbonyl (C=O) groups excluding carboxylic acids is 1. The van der Waals surface area contributed by atoms with Crippen LogP contribution in [-0.2, 0) is 0 Å². The Hall–Kier alpha value is -3.58. The molecule has 7 nitrogen and oxygen atoms in total. The van der Waals surface area contributed by atoms with Crippen LogP contribution in [0.2, 0.25) is 0 Å². The summed E-state index contributed by atoms with van der Waals surface area (Å²) in [6.45, 7) is 1.15. The number of ether oxygens (including phenoxy) is 1. The van der Waals surface area contributed by atoms with Crippen molar-refractivity contribution in [3.63, 3.8) is 0 Å². The Morgan fingerprint density at radius 2 is 2.23 bits per heavy atom. The topological polar surface area (TPSA) is 102 Å². The molecule has 1 aromatic heterocycles. The molecule has 3 rings (SSSR count). The minimum Gasteiger partial charge on any atom is -0.494 e. The molecule has 1 N–H and O–H groups in total. The Labute approximate surface area is 151 Å². The number of carbonyl (C=O) groups is 1. The van der Waals surface area contributed by atoms with E-state index >= 15 is 0 Å². The predicted molar refractivity (Wildman–Crippen MR) is 94.0 cm³/mol. The van der Waals surface area contributed by atoms with E-state index in [-0.39, 0.29) is 17.6 Å². The number of rotatable bonds is 4. The molecule has 1 fully saturated rings. The van der Waals surface area contributed by atoms with Crippen LogP contribution < -0.4 is 10.1 Å². The second kappa shape index (κ2) is 7.54. The molecule has 2 heterocycles. The van der Waals surface area contributed by atoms with E-state index in [4.69, 9.17) is 15.3 Å². The highest BCUT2D eigenvalue weighted by molar-refractivity contribution is 5.94. The molecule has 1 aliphatic rings. The van der Waals surface area contributed by atoms with Crippen LogP contribution in [0.4, 0.5) is 0 Å². The first-order valence-corrected chi connectivity index (χ1v) is 8.14. The van der Waals surface area contributed by atoms with Crippen molar-refractivity contribution in [2.75, 3.05) is 20.2 Å². The lowest BCUT2D eigenvalue weighted by molar-refractivity contribution is 0.0934. The van der Waals surface area contributed by atoms with Crippen molar-refractivity contribution >= 4 is 5.91 Å². The highest BCUT2D eigenvalue weighted by Crippen LogP contribution is 2.30. The molecule has 1 saturated heterocycles. The molecule has 1 aliphatic heterocycles. The minimum atomic E-state index is -0.296. The van der Waals surface area contributed by atoms with Crippen LogP contribution in [0.5, 0.6) is 5.75 Å². The van der Waals surface area contributed by atoms with Crippen LogP contribution in [0.1, 0.15) is 22.5 Å². The Bertz CT molecular complexity index is 913. The van der Waals surface area contributed by atoms with E-state index in [1.807, 2.05) is 6.07 Å². The van der Waals surface area contributed by atoms with E-state index < -0.39 is 0 Å². The maximum absolute atomic E-state index is 12.5. The van der Waals surface area contributed by atoms with Gasteiger partial charge < -0.3 is 15.0 Å². The van der Waals surface area contributed by atoms with Gasteiger partial charge in [-0.05, 0) is 30.2 Å². The van der Waals surface area contributed by atoms with Crippen molar-refractivity contribution in [2.45, 2.75) is 12.5 Å². The molecule has 130 valence electrons. The fourth-order valence-electron chi connectivity index (χ4n) is 2.94. The molecule has 7 heteroatoms. The molecule has 1 aromatic carbocycles. The molecular weight excluding hydrogens is 330 g/mol. The van der Waals surface area contributed by atoms with Gasteiger partial charge in [0.1, 0.15) is 11.4 Å². The molecule has 0 bridgehead atoms. The second-order valence-electron chi connectivity index (χ2n) is 5.97. The summed E-state index contributed by atoms with van der Waals surface area (Å²) in [4.78, 5) is 18.3. The van der Waals surface area contributed by atoms with Gasteiger partial charge >= 0.3 is 0 Å². The number of aromatic nitrogens is 1. The number of nitrogens with one attached hydrogen (secondary N) is 1. The highest BCUT2D eigenvalue weighted by Gasteiger charge is 2.24. The molecule has 1 atom stereocenters. The van der Waals surface area contributed by atoms with Crippen LogP contribution >= 0.6 is 0 Å². The maximum atomic E-state index is 12.5. The van der Waals surface area contributed by atoms with Crippen LogP contribution in [0.15, 0.2) is 36.5 Å². The molecule has 0 spiro atoms. The van der Waals surface area contributed by atoms with Crippen molar-refractivity contribution in [2.24, 2.45) is 0 Å². The number of hydrogen-bond donors (Lipinski definition) is 1. The maximum Gasteiger partial charge on any atom is 0.270 e. The normalized spacial score (nSPS) is 15.8. The van der Waals surface area contributed by atoms with Gasteiger partial charge in [0.25, 0.3) is 5.91 Å². The zero-order valence-corrected chi connectivity index (χ0v) is 14.3. The molecular formula is C19H17N5O2. The fourth-order valence-corrected chi connectivity index (χ4v) is 2.94. The molecule has 26 heavy (non-hydrogen) atoms. The predicted octanol–water partition coefficient (Wildman–Crippen LogP) is 1.91. The van der Waals surface area contributed by atoms with Crippen LogP contribution in [0.3, 0.4) is 0 Å². The number of nitrogens with zero attached hydrogens (tertiary/aromatic N) is 4. The number of methoxy groups -OCH3 is 1. The SMILES string of the molecule is COc1cnc(C(=O)NC2CCN(C#N)C2)cc1-c1cccc(C#N)c1. The van der Waals surface area contributed by atoms with Crippen molar-refractivity contribution in [3.8, 4) is 29.1 Å². The summed E-state index contributed by atoms with van der Waals surface area (Å²) in [5.41, 5.74) is 2.25. The number of benzene rings is 1. The first-order valence-electron chi connectivity index (χ1n) is 8.14. The Morgan fingerprint density at radius 3 is 2.92 bits per heavy atom. The van der Waals surface area contributed by atoms with Crippen LogP contribution in [-0.4, -0.2) is 42.0 Å². The molecule has 0 aliphatic carbocycles. The van der Waals surface area contributed by atoms with Crippen molar-refractivity contribution in [1.29, 1.82) is 10.5 Å². The Kier molecular flexibility index (Phi) is 5.00. The fraction of sp³-hybridized carbons (Fsp3) is 0.263. The number of amides is 1. The van der Waals surface area contributed by atoms with Gasteiger partial charge in [-0.25, -0.2) is 4.98 Å². The van der Waals surface area contributed by atoms with Crippen LogP contribution in [0, 0.1) is 22.8 Å². The summed E-state index contributed by atoms with van der Waals surface area (Å²) in [6, 6.07) is 10.8. The average Bonchev–Trinajstić information content (AvgIpc) is 3.15. The number of hydrogen-bond acceptors (Lipinski definition) is 6. The van der Waals surface area contributed by atoms with E-state index in [1.165, 1.54) is 13.3 Å². The largest absolute Gasteiger partial charge is 0.494 e. The summed E-state index contributed by atoms with van der Waals surface area (Å²) >= 11 is 0. The first kappa shape index (κ1) is 17.2. The van der Waals surface area contributed by atoms with Gasteiger partial charge in [0.15, 0.2) is 6.19 Å². The third-order valence-corrected chi connectivity index (χ3v) is 4.29. The van der Waals surface area contributed by atoms with E-state index in [9.17, 15) is 4.79 Å². The zero-order valence-electron chi connectivity index (χ0n) is 14.3. The smallest absolute Gasteiger partial charge is 0.270 e. The van der Waals surface area contributed by atoms with Crippen molar-refractivity contribution in [1.82, 2.24) is 15.2 Å². The van der Waals surface area contributed by atoms with E-state index in [0.29, 0.717) is 30.0 Å². The van der Waals surface area contributed by atoms with Gasteiger partial charge in [-0.3, -0.25) is 4.79 Å². The quantitative estimate of drug-likeness (QED) is 0.848. The summed E-state index contributed by atoms with van der Waals surface area (Å²) in [5, 5.41) is 20.9. The lowest BCUT2D eigenvalue weighted by Gasteiger charge is -2.14. The standard InChI is InChI=1S/C19H17N5O2/c1-26-18-10-22-17(19(25)23-15-5-6-24(11-15)12-21)8-16(18)14-4-2-3-13(7-14)9-20/h2-4,7-8,10,15H,5-6,11H2,1H3,(H,23,25). The summed E-state index contributed by atoms with van der Waals surface area (Å²) in [6.07, 6.45) is 4.32. The Balaban J connectivity index is 1.86. The molecule has 1 unspecified atom stereocenters.